The van der Waals surface area contributed by atoms with E-state index in [0.29, 0.717) is 6.61 Å². The van der Waals surface area contributed by atoms with Crippen molar-refractivity contribution in [3.8, 4) is 0 Å². The second-order valence-corrected chi connectivity index (χ2v) is 3.27. The highest BCUT2D eigenvalue weighted by Crippen LogP contribution is 2.09. The standard InChI is InChI=1S/C8H17NO3/c1-5-12-9-8(3,4)7(11)6(2)10/h7,9,11H,5H2,1-4H3. The molecule has 0 aliphatic rings. The number of Topliss-reactive ketones (excluding diaryl/α,β-unsaturated/α-hetero) is 1. The molecule has 0 aromatic carbocycles. The van der Waals surface area contributed by atoms with E-state index in [-0.39, 0.29) is 5.78 Å². The lowest BCUT2D eigenvalue weighted by Crippen LogP contribution is -2.52. The van der Waals surface area contributed by atoms with Gasteiger partial charge < -0.3 is 9.94 Å². The minimum Gasteiger partial charge on any atom is -0.383 e. The summed E-state index contributed by atoms with van der Waals surface area (Å²) in [4.78, 5) is 15.7. The number of ketones is 1. The molecule has 0 spiro atoms. The molecule has 0 aromatic rings. The first kappa shape index (κ1) is 11.6. The third-order valence-corrected chi connectivity index (χ3v) is 1.55. The summed E-state index contributed by atoms with van der Waals surface area (Å²) < 4.78 is 0. The number of hydrogen-bond donors (Lipinski definition) is 2. The Balaban J connectivity index is 4.08. The number of carbonyl (C=O) groups excluding carboxylic acids is 1. The summed E-state index contributed by atoms with van der Waals surface area (Å²) in [5.74, 6) is -0.271. The van der Waals surface area contributed by atoms with Gasteiger partial charge in [0.15, 0.2) is 5.78 Å². The van der Waals surface area contributed by atoms with Crippen molar-refractivity contribution >= 4 is 5.78 Å². The number of aliphatic hydroxyl groups excluding tert-OH is 1. The summed E-state index contributed by atoms with van der Waals surface area (Å²) in [6.07, 6.45) is -1.04. The van der Waals surface area contributed by atoms with Gasteiger partial charge in [-0.25, -0.2) is 0 Å². The van der Waals surface area contributed by atoms with Gasteiger partial charge in [0, 0.05) is 0 Å². The van der Waals surface area contributed by atoms with E-state index in [1.54, 1.807) is 13.8 Å². The van der Waals surface area contributed by atoms with E-state index in [0.717, 1.165) is 0 Å². The summed E-state index contributed by atoms with van der Waals surface area (Å²) in [6.45, 7) is 7.07. The van der Waals surface area contributed by atoms with Crippen LogP contribution in [-0.4, -0.2) is 29.1 Å². The first-order valence-corrected chi connectivity index (χ1v) is 3.99. The Morgan fingerprint density at radius 1 is 1.67 bits per heavy atom. The van der Waals surface area contributed by atoms with Gasteiger partial charge in [-0.15, -0.1) is 0 Å². The van der Waals surface area contributed by atoms with Gasteiger partial charge in [-0.1, -0.05) is 0 Å². The minimum absolute atomic E-state index is 0.271. The number of nitrogens with one attached hydrogen (secondary N) is 1. The van der Waals surface area contributed by atoms with Gasteiger partial charge in [-0.2, -0.15) is 5.48 Å². The van der Waals surface area contributed by atoms with Crippen molar-refractivity contribution < 1.29 is 14.7 Å². The fourth-order valence-corrected chi connectivity index (χ4v) is 0.822. The predicted molar refractivity (Wildman–Crippen MR) is 45.5 cm³/mol. The second-order valence-electron chi connectivity index (χ2n) is 3.27. The minimum atomic E-state index is -1.04. The normalized spacial score (nSPS) is 14.4. The predicted octanol–water partition coefficient (Wildman–Crippen LogP) is 0.256. The Bertz CT molecular complexity index is 156. The smallest absolute Gasteiger partial charge is 0.160 e. The van der Waals surface area contributed by atoms with Gasteiger partial charge in [0.2, 0.25) is 0 Å². The molecule has 0 saturated heterocycles. The van der Waals surface area contributed by atoms with Crippen molar-refractivity contribution in [1.82, 2.24) is 5.48 Å². The number of aliphatic hydroxyl groups is 1. The number of rotatable bonds is 5. The highest BCUT2D eigenvalue weighted by molar-refractivity contribution is 5.81. The molecule has 0 aliphatic carbocycles. The second kappa shape index (κ2) is 4.54. The summed E-state index contributed by atoms with van der Waals surface area (Å²) in [6, 6.07) is 0. The van der Waals surface area contributed by atoms with Crippen LogP contribution in [0.2, 0.25) is 0 Å². The summed E-state index contributed by atoms with van der Waals surface area (Å²) in [7, 11) is 0. The Morgan fingerprint density at radius 3 is 2.50 bits per heavy atom. The van der Waals surface area contributed by atoms with Crippen molar-refractivity contribution in [3.63, 3.8) is 0 Å². The molecule has 0 aliphatic heterocycles. The van der Waals surface area contributed by atoms with Gasteiger partial charge >= 0.3 is 0 Å². The van der Waals surface area contributed by atoms with Crippen molar-refractivity contribution in [3.05, 3.63) is 0 Å². The first-order chi connectivity index (χ1) is 5.41. The SMILES string of the molecule is CCONC(C)(C)C(O)C(C)=O. The average Bonchev–Trinajstić information content (AvgIpc) is 1.99. The molecule has 0 saturated carbocycles. The third-order valence-electron chi connectivity index (χ3n) is 1.55. The van der Waals surface area contributed by atoms with Crippen molar-refractivity contribution in [2.24, 2.45) is 0 Å². The fourth-order valence-electron chi connectivity index (χ4n) is 0.822. The molecule has 0 aromatic heterocycles. The molecule has 4 heteroatoms. The van der Waals surface area contributed by atoms with E-state index < -0.39 is 11.6 Å². The zero-order valence-electron chi connectivity index (χ0n) is 8.05. The number of hydroxylamine groups is 1. The van der Waals surface area contributed by atoms with Crippen LogP contribution in [-0.2, 0) is 9.63 Å². The maximum Gasteiger partial charge on any atom is 0.160 e. The number of carbonyl (C=O) groups is 1. The summed E-state index contributed by atoms with van der Waals surface area (Å²) >= 11 is 0. The lowest BCUT2D eigenvalue weighted by molar-refractivity contribution is -0.134. The molecule has 0 amide bonds. The number of hydrogen-bond acceptors (Lipinski definition) is 4. The van der Waals surface area contributed by atoms with Crippen LogP contribution < -0.4 is 5.48 Å². The maximum absolute atomic E-state index is 10.8. The van der Waals surface area contributed by atoms with E-state index >= 15 is 0 Å². The van der Waals surface area contributed by atoms with Crippen LogP contribution in [0.4, 0.5) is 0 Å². The summed E-state index contributed by atoms with van der Waals surface area (Å²) in [5, 5.41) is 9.39. The van der Waals surface area contributed by atoms with Gasteiger partial charge in [0.1, 0.15) is 6.10 Å². The summed E-state index contributed by atoms with van der Waals surface area (Å²) in [5.41, 5.74) is 1.88. The molecular weight excluding hydrogens is 158 g/mol. The van der Waals surface area contributed by atoms with Crippen LogP contribution in [0.3, 0.4) is 0 Å². The van der Waals surface area contributed by atoms with Crippen LogP contribution in [0, 0.1) is 0 Å². The highest BCUT2D eigenvalue weighted by Gasteiger charge is 2.31. The van der Waals surface area contributed by atoms with Gasteiger partial charge in [0.05, 0.1) is 12.1 Å². The molecule has 1 atom stereocenters. The van der Waals surface area contributed by atoms with Crippen LogP contribution in [0.1, 0.15) is 27.7 Å². The van der Waals surface area contributed by atoms with Crippen LogP contribution in [0.5, 0.6) is 0 Å². The maximum atomic E-state index is 10.8. The Hall–Kier alpha value is -0.450. The lowest BCUT2D eigenvalue weighted by Gasteiger charge is -2.29. The van der Waals surface area contributed by atoms with E-state index in [1.165, 1.54) is 6.92 Å². The largest absolute Gasteiger partial charge is 0.383 e. The topological polar surface area (TPSA) is 58.6 Å². The highest BCUT2D eigenvalue weighted by atomic mass is 16.6. The zero-order chi connectivity index (χ0) is 9.78. The molecular formula is C8H17NO3. The molecule has 0 fully saturated rings. The molecule has 4 nitrogen and oxygen atoms in total. The molecule has 0 radical (unpaired) electrons. The molecule has 2 N–H and O–H groups in total. The molecule has 0 rings (SSSR count). The molecule has 12 heavy (non-hydrogen) atoms. The van der Waals surface area contributed by atoms with Crippen molar-refractivity contribution in [1.29, 1.82) is 0 Å². The Kier molecular flexibility index (Phi) is 4.37. The first-order valence-electron chi connectivity index (χ1n) is 3.99. The van der Waals surface area contributed by atoms with Crippen LogP contribution >= 0.6 is 0 Å². The fraction of sp³-hybridized carbons (Fsp3) is 0.875. The molecule has 1 unspecified atom stereocenters. The molecule has 0 bridgehead atoms. The van der Waals surface area contributed by atoms with Gasteiger partial charge in [-0.3, -0.25) is 4.79 Å². The van der Waals surface area contributed by atoms with E-state index in [1.807, 2.05) is 6.92 Å². The van der Waals surface area contributed by atoms with E-state index in [2.05, 4.69) is 5.48 Å². The Labute approximate surface area is 72.9 Å². The Morgan fingerprint density at radius 2 is 2.17 bits per heavy atom. The van der Waals surface area contributed by atoms with Gasteiger partial charge in [0.25, 0.3) is 0 Å². The van der Waals surface area contributed by atoms with Crippen LogP contribution in [0.15, 0.2) is 0 Å². The van der Waals surface area contributed by atoms with Crippen molar-refractivity contribution in [2.75, 3.05) is 6.61 Å². The zero-order valence-corrected chi connectivity index (χ0v) is 8.05. The molecule has 72 valence electrons. The average molecular weight is 175 g/mol. The monoisotopic (exact) mass is 175 g/mol. The van der Waals surface area contributed by atoms with E-state index in [4.69, 9.17) is 4.84 Å². The lowest BCUT2D eigenvalue weighted by atomic mass is 9.96. The molecule has 0 heterocycles. The van der Waals surface area contributed by atoms with E-state index in [9.17, 15) is 9.90 Å². The quantitative estimate of drug-likeness (QED) is 0.588. The third kappa shape index (κ3) is 3.30. The van der Waals surface area contributed by atoms with Crippen LogP contribution in [0.25, 0.3) is 0 Å². The van der Waals surface area contributed by atoms with Gasteiger partial charge in [-0.05, 0) is 27.7 Å². The van der Waals surface area contributed by atoms with Crippen molar-refractivity contribution in [2.45, 2.75) is 39.3 Å².